The third kappa shape index (κ3) is 3.75. The molecular formula is C24H21FN2O5. The number of allylic oxidation sites excluding steroid dienone is 1. The van der Waals surface area contributed by atoms with Gasteiger partial charge in [0.05, 0.1) is 11.3 Å². The summed E-state index contributed by atoms with van der Waals surface area (Å²) in [5.41, 5.74) is 2.45. The average Bonchev–Trinajstić information content (AvgIpc) is 3.21. The molecule has 0 aromatic heterocycles. The zero-order chi connectivity index (χ0) is 23.2. The van der Waals surface area contributed by atoms with Crippen molar-refractivity contribution in [2.75, 3.05) is 5.32 Å². The summed E-state index contributed by atoms with van der Waals surface area (Å²) in [6.07, 6.45) is 1.77. The van der Waals surface area contributed by atoms with Crippen LogP contribution in [0.3, 0.4) is 0 Å². The van der Waals surface area contributed by atoms with Gasteiger partial charge in [-0.3, -0.25) is 14.4 Å². The van der Waals surface area contributed by atoms with Crippen LogP contribution in [0.15, 0.2) is 54.3 Å². The van der Waals surface area contributed by atoms with Crippen LogP contribution in [0.5, 0.6) is 0 Å². The summed E-state index contributed by atoms with van der Waals surface area (Å²) in [4.78, 5) is 35.7. The van der Waals surface area contributed by atoms with Crippen molar-refractivity contribution in [3.8, 4) is 0 Å². The molecule has 0 aliphatic carbocycles. The number of hydrogen-bond donors (Lipinski definition) is 3. The van der Waals surface area contributed by atoms with Crippen LogP contribution < -0.4 is 10.6 Å². The van der Waals surface area contributed by atoms with E-state index >= 15 is 0 Å². The predicted molar refractivity (Wildman–Crippen MR) is 116 cm³/mol. The number of anilines is 1. The van der Waals surface area contributed by atoms with Gasteiger partial charge in [0.25, 0.3) is 11.8 Å². The fourth-order valence-electron chi connectivity index (χ4n) is 3.75. The maximum Gasteiger partial charge on any atom is 0.325 e. The largest absolute Gasteiger partial charge is 0.482 e. The molecule has 0 saturated carbocycles. The summed E-state index contributed by atoms with van der Waals surface area (Å²) < 4.78 is 19.6. The number of carboxylic acids is 1. The van der Waals surface area contributed by atoms with Crippen LogP contribution in [0.2, 0.25) is 0 Å². The Balaban J connectivity index is 1.67. The predicted octanol–water partition coefficient (Wildman–Crippen LogP) is 3.58. The third-order valence-electron chi connectivity index (χ3n) is 5.44. The Morgan fingerprint density at radius 3 is 2.50 bits per heavy atom. The van der Waals surface area contributed by atoms with Crippen molar-refractivity contribution in [3.63, 3.8) is 0 Å². The zero-order valence-corrected chi connectivity index (χ0v) is 17.7. The fourth-order valence-corrected chi connectivity index (χ4v) is 3.75. The maximum atomic E-state index is 13.5. The molecule has 2 aromatic rings. The van der Waals surface area contributed by atoms with Gasteiger partial charge in [-0.1, -0.05) is 12.1 Å². The van der Waals surface area contributed by atoms with Crippen molar-refractivity contribution in [2.24, 2.45) is 0 Å². The number of carboxylic acid groups (broad SMARTS) is 1. The first-order chi connectivity index (χ1) is 15.1. The number of aliphatic carboxylic acids is 1. The number of halogens is 1. The second-order valence-electron chi connectivity index (χ2n) is 8.16. The lowest BCUT2D eigenvalue weighted by molar-refractivity contribution is -0.138. The molecule has 1 atom stereocenters. The first-order valence-corrected chi connectivity index (χ1v) is 9.97. The minimum atomic E-state index is -1.12. The lowest BCUT2D eigenvalue weighted by atomic mass is 9.91. The lowest BCUT2D eigenvalue weighted by Crippen LogP contribution is -2.38. The SMILES string of the molecule is CC(NC(=O)c1ccc(C2=CC(=C3C(=O)Nc4cc(F)ccc43)OC2(C)C)cc1)C(=O)O. The molecular weight excluding hydrogens is 415 g/mol. The summed E-state index contributed by atoms with van der Waals surface area (Å²) >= 11 is 0. The van der Waals surface area contributed by atoms with Gasteiger partial charge in [0.1, 0.15) is 23.2 Å². The molecule has 0 bridgehead atoms. The molecule has 7 nitrogen and oxygen atoms in total. The van der Waals surface area contributed by atoms with Crippen molar-refractivity contribution in [1.29, 1.82) is 0 Å². The minimum Gasteiger partial charge on any atom is -0.482 e. The lowest BCUT2D eigenvalue weighted by Gasteiger charge is -2.23. The number of fused-ring (bicyclic) bond motifs is 1. The number of carbonyl (C=O) groups excluding carboxylic acids is 2. The Morgan fingerprint density at radius 2 is 1.84 bits per heavy atom. The summed E-state index contributed by atoms with van der Waals surface area (Å²) in [7, 11) is 0. The van der Waals surface area contributed by atoms with Crippen LogP contribution in [0.25, 0.3) is 11.1 Å². The molecule has 1 unspecified atom stereocenters. The number of ether oxygens (including phenoxy) is 1. The fraction of sp³-hybridized carbons (Fsp3) is 0.208. The highest BCUT2D eigenvalue weighted by molar-refractivity contribution is 6.32. The third-order valence-corrected chi connectivity index (χ3v) is 5.44. The van der Waals surface area contributed by atoms with Crippen molar-refractivity contribution in [1.82, 2.24) is 5.32 Å². The van der Waals surface area contributed by atoms with Crippen LogP contribution in [-0.4, -0.2) is 34.5 Å². The summed E-state index contributed by atoms with van der Waals surface area (Å²) in [5.74, 6) is -2.04. The van der Waals surface area contributed by atoms with E-state index in [1.54, 1.807) is 36.4 Å². The minimum absolute atomic E-state index is 0.323. The van der Waals surface area contributed by atoms with E-state index in [0.717, 1.165) is 11.1 Å². The van der Waals surface area contributed by atoms with Crippen molar-refractivity contribution >= 4 is 34.6 Å². The van der Waals surface area contributed by atoms with E-state index in [4.69, 9.17) is 9.84 Å². The quantitative estimate of drug-likeness (QED) is 0.636. The van der Waals surface area contributed by atoms with Crippen LogP contribution in [0, 0.1) is 5.82 Å². The van der Waals surface area contributed by atoms with Gasteiger partial charge >= 0.3 is 5.97 Å². The summed E-state index contributed by atoms with van der Waals surface area (Å²) in [5, 5.41) is 14.0. The number of hydrogen-bond acceptors (Lipinski definition) is 4. The van der Waals surface area contributed by atoms with E-state index in [9.17, 15) is 18.8 Å². The van der Waals surface area contributed by atoms with Gasteiger partial charge in [-0.2, -0.15) is 0 Å². The molecule has 0 fully saturated rings. The van der Waals surface area contributed by atoms with Gasteiger partial charge in [0, 0.05) is 16.7 Å². The van der Waals surface area contributed by atoms with Gasteiger partial charge < -0.3 is 20.5 Å². The molecule has 3 N–H and O–H groups in total. The normalized spacial score (nSPS) is 19.5. The molecule has 2 aliphatic rings. The summed E-state index contributed by atoms with van der Waals surface area (Å²) in [6.45, 7) is 5.11. The number of carbonyl (C=O) groups is 3. The highest BCUT2D eigenvalue weighted by Gasteiger charge is 2.38. The van der Waals surface area contributed by atoms with Gasteiger partial charge in [0.15, 0.2) is 0 Å². The highest BCUT2D eigenvalue weighted by atomic mass is 19.1. The van der Waals surface area contributed by atoms with E-state index in [1.807, 2.05) is 13.8 Å². The highest BCUT2D eigenvalue weighted by Crippen LogP contribution is 2.44. The van der Waals surface area contributed by atoms with Crippen molar-refractivity contribution < 1.29 is 28.6 Å². The molecule has 2 aromatic carbocycles. The molecule has 0 spiro atoms. The summed E-state index contributed by atoms with van der Waals surface area (Å²) in [6, 6.07) is 9.77. The van der Waals surface area contributed by atoms with Crippen LogP contribution in [0.1, 0.15) is 42.3 Å². The van der Waals surface area contributed by atoms with E-state index in [-0.39, 0.29) is 5.91 Å². The molecule has 32 heavy (non-hydrogen) atoms. The standard InChI is InChI=1S/C24H21FN2O5/c1-12(23(30)31)26-21(28)14-6-4-13(5-7-14)17-11-19(32-24(17,2)3)20-16-9-8-15(25)10-18(16)27-22(20)29/h4-12H,1-3H3,(H,26,28)(H,27,29)(H,30,31). The molecule has 2 amide bonds. The first kappa shape index (κ1) is 21.3. The molecule has 8 heteroatoms. The number of nitrogens with one attached hydrogen (secondary N) is 2. The molecule has 2 heterocycles. The van der Waals surface area contributed by atoms with Gasteiger partial charge in [-0.05, 0) is 62.7 Å². The molecule has 4 rings (SSSR count). The van der Waals surface area contributed by atoms with E-state index in [1.165, 1.54) is 19.1 Å². The Hall–Kier alpha value is -3.94. The maximum absolute atomic E-state index is 13.5. The Morgan fingerprint density at radius 1 is 1.16 bits per heavy atom. The van der Waals surface area contributed by atoms with E-state index in [0.29, 0.717) is 28.1 Å². The smallest absolute Gasteiger partial charge is 0.325 e. The monoisotopic (exact) mass is 436 g/mol. The molecule has 2 aliphatic heterocycles. The number of amides is 2. The zero-order valence-electron chi connectivity index (χ0n) is 17.7. The average molecular weight is 436 g/mol. The van der Waals surface area contributed by atoms with Crippen LogP contribution in [-0.2, 0) is 14.3 Å². The Labute approximate surface area is 183 Å². The Kier molecular flexibility index (Phi) is 5.08. The van der Waals surface area contributed by atoms with Crippen molar-refractivity contribution in [3.05, 3.63) is 76.8 Å². The van der Waals surface area contributed by atoms with Crippen molar-refractivity contribution in [2.45, 2.75) is 32.4 Å². The number of benzene rings is 2. The molecule has 0 radical (unpaired) electrons. The second-order valence-corrected chi connectivity index (χ2v) is 8.16. The van der Waals surface area contributed by atoms with Gasteiger partial charge in [-0.25, -0.2) is 4.39 Å². The number of rotatable bonds is 4. The Bertz CT molecular complexity index is 1210. The van der Waals surface area contributed by atoms with Crippen LogP contribution >= 0.6 is 0 Å². The molecule has 164 valence electrons. The second kappa shape index (κ2) is 7.64. The topological polar surface area (TPSA) is 105 Å². The molecule has 0 saturated heterocycles. The van der Waals surface area contributed by atoms with Crippen LogP contribution in [0.4, 0.5) is 10.1 Å². The van der Waals surface area contributed by atoms with E-state index < -0.39 is 29.3 Å². The van der Waals surface area contributed by atoms with Gasteiger partial charge in [-0.15, -0.1) is 0 Å². The van der Waals surface area contributed by atoms with Gasteiger partial charge in [0.2, 0.25) is 0 Å². The first-order valence-electron chi connectivity index (χ1n) is 9.97. The van der Waals surface area contributed by atoms with E-state index in [2.05, 4.69) is 10.6 Å².